The highest BCUT2D eigenvalue weighted by Crippen LogP contribution is 2.25. The number of amides is 1. The number of anilines is 1. The van der Waals surface area contributed by atoms with Crippen molar-refractivity contribution >= 4 is 29.2 Å². The van der Waals surface area contributed by atoms with Crippen LogP contribution in [0.3, 0.4) is 0 Å². The summed E-state index contributed by atoms with van der Waals surface area (Å²) in [6, 6.07) is 10.3. The van der Waals surface area contributed by atoms with Crippen LogP contribution >= 0.6 is 11.6 Å². The molecule has 24 heavy (non-hydrogen) atoms. The minimum absolute atomic E-state index is 0.189. The van der Waals surface area contributed by atoms with Gasteiger partial charge in [-0.2, -0.15) is 0 Å². The van der Waals surface area contributed by atoms with Crippen LogP contribution < -0.4 is 10.1 Å². The van der Waals surface area contributed by atoms with Crippen molar-refractivity contribution in [2.45, 2.75) is 13.8 Å². The van der Waals surface area contributed by atoms with Crippen molar-refractivity contribution in [2.24, 2.45) is 0 Å². The summed E-state index contributed by atoms with van der Waals surface area (Å²) in [7, 11) is 1.31. The first-order valence-electron chi connectivity index (χ1n) is 7.28. The summed E-state index contributed by atoms with van der Waals surface area (Å²) in [5.41, 5.74) is 2.70. The first-order chi connectivity index (χ1) is 11.4. The zero-order valence-electron chi connectivity index (χ0n) is 13.7. The zero-order valence-corrected chi connectivity index (χ0v) is 14.4. The Morgan fingerprint density at radius 2 is 1.88 bits per heavy atom. The van der Waals surface area contributed by atoms with E-state index in [1.165, 1.54) is 7.11 Å². The molecule has 0 unspecified atom stereocenters. The number of carbonyl (C=O) groups is 2. The Hall–Kier alpha value is -2.53. The minimum Gasteiger partial charge on any atom is -0.482 e. The van der Waals surface area contributed by atoms with Crippen LogP contribution in [0, 0.1) is 13.8 Å². The summed E-state index contributed by atoms with van der Waals surface area (Å²) in [5, 5.41) is 3.16. The number of nitrogens with one attached hydrogen (secondary N) is 1. The van der Waals surface area contributed by atoms with E-state index in [9.17, 15) is 9.59 Å². The zero-order chi connectivity index (χ0) is 17.7. The molecule has 0 heterocycles. The fourth-order valence-corrected chi connectivity index (χ4v) is 2.22. The van der Waals surface area contributed by atoms with Crippen LogP contribution in [0.15, 0.2) is 36.4 Å². The molecule has 0 aromatic heterocycles. The Kier molecular flexibility index (Phi) is 5.82. The molecule has 5 nitrogen and oxygen atoms in total. The Morgan fingerprint density at radius 1 is 1.12 bits per heavy atom. The molecule has 0 aliphatic carbocycles. The van der Waals surface area contributed by atoms with Gasteiger partial charge in [-0.15, -0.1) is 0 Å². The SMILES string of the molecule is COC(=O)c1ccc(C)c(NC(=O)COc2cc(C)ccc2Cl)c1. The lowest BCUT2D eigenvalue weighted by Gasteiger charge is -2.12. The van der Waals surface area contributed by atoms with Crippen molar-refractivity contribution in [1.82, 2.24) is 0 Å². The Labute approximate surface area is 145 Å². The molecule has 0 aliphatic heterocycles. The topological polar surface area (TPSA) is 64.6 Å². The van der Waals surface area contributed by atoms with Crippen molar-refractivity contribution in [2.75, 3.05) is 19.0 Å². The van der Waals surface area contributed by atoms with Crippen LogP contribution in [0.5, 0.6) is 5.75 Å². The summed E-state index contributed by atoms with van der Waals surface area (Å²) in [4.78, 5) is 23.7. The number of benzene rings is 2. The number of methoxy groups -OCH3 is 1. The van der Waals surface area contributed by atoms with Crippen molar-refractivity contribution in [1.29, 1.82) is 0 Å². The second kappa shape index (κ2) is 7.84. The fourth-order valence-electron chi connectivity index (χ4n) is 2.05. The third-order valence-corrected chi connectivity index (χ3v) is 3.69. The largest absolute Gasteiger partial charge is 0.482 e. The van der Waals surface area contributed by atoms with E-state index in [1.54, 1.807) is 30.3 Å². The number of rotatable bonds is 5. The highest BCUT2D eigenvalue weighted by molar-refractivity contribution is 6.32. The molecular formula is C18H18ClNO4. The second-order valence-corrected chi connectivity index (χ2v) is 5.70. The van der Waals surface area contributed by atoms with Gasteiger partial charge >= 0.3 is 5.97 Å². The third-order valence-electron chi connectivity index (χ3n) is 3.38. The van der Waals surface area contributed by atoms with Gasteiger partial charge in [0.05, 0.1) is 17.7 Å². The maximum Gasteiger partial charge on any atom is 0.337 e. The Bertz CT molecular complexity index is 774. The first kappa shape index (κ1) is 17.8. The van der Waals surface area contributed by atoms with Crippen LogP contribution in [0.4, 0.5) is 5.69 Å². The minimum atomic E-state index is -0.465. The third kappa shape index (κ3) is 4.49. The van der Waals surface area contributed by atoms with E-state index in [0.717, 1.165) is 11.1 Å². The average Bonchev–Trinajstić information content (AvgIpc) is 2.57. The predicted molar refractivity (Wildman–Crippen MR) is 92.8 cm³/mol. The van der Waals surface area contributed by atoms with Gasteiger partial charge in [-0.1, -0.05) is 23.7 Å². The molecule has 0 bridgehead atoms. The number of carbonyl (C=O) groups excluding carboxylic acids is 2. The van der Waals surface area contributed by atoms with Gasteiger partial charge in [0.15, 0.2) is 6.61 Å². The Morgan fingerprint density at radius 3 is 2.58 bits per heavy atom. The van der Waals surface area contributed by atoms with E-state index < -0.39 is 5.97 Å². The van der Waals surface area contributed by atoms with Gasteiger partial charge in [0, 0.05) is 5.69 Å². The van der Waals surface area contributed by atoms with E-state index in [-0.39, 0.29) is 12.5 Å². The fraction of sp³-hybridized carbons (Fsp3) is 0.222. The van der Waals surface area contributed by atoms with Gasteiger partial charge in [0.25, 0.3) is 5.91 Å². The molecule has 2 aromatic rings. The second-order valence-electron chi connectivity index (χ2n) is 5.29. The molecule has 1 N–H and O–H groups in total. The van der Waals surface area contributed by atoms with Crippen LogP contribution in [0.2, 0.25) is 5.02 Å². The summed E-state index contributed by atoms with van der Waals surface area (Å²) in [5.74, 6) is -0.363. The molecule has 0 spiro atoms. The Balaban J connectivity index is 2.04. The van der Waals surface area contributed by atoms with E-state index >= 15 is 0 Å². The van der Waals surface area contributed by atoms with Gasteiger partial charge in [-0.05, 0) is 49.2 Å². The van der Waals surface area contributed by atoms with Gasteiger partial charge < -0.3 is 14.8 Å². The highest BCUT2D eigenvalue weighted by Gasteiger charge is 2.11. The van der Waals surface area contributed by atoms with Gasteiger partial charge in [0.2, 0.25) is 0 Å². The van der Waals surface area contributed by atoms with Crippen LogP contribution in [-0.2, 0) is 9.53 Å². The quantitative estimate of drug-likeness (QED) is 0.836. The van der Waals surface area contributed by atoms with Crippen LogP contribution in [-0.4, -0.2) is 25.6 Å². The van der Waals surface area contributed by atoms with E-state index in [4.69, 9.17) is 16.3 Å². The lowest BCUT2D eigenvalue weighted by Crippen LogP contribution is -2.21. The van der Waals surface area contributed by atoms with Crippen molar-refractivity contribution < 1.29 is 19.1 Å². The number of hydrogen-bond acceptors (Lipinski definition) is 4. The molecule has 0 aliphatic rings. The van der Waals surface area contributed by atoms with Crippen LogP contribution in [0.25, 0.3) is 0 Å². The van der Waals surface area contributed by atoms with Gasteiger partial charge in [-0.3, -0.25) is 4.79 Å². The molecule has 0 atom stereocenters. The predicted octanol–water partition coefficient (Wildman–Crippen LogP) is 3.76. The summed E-state index contributed by atoms with van der Waals surface area (Å²) in [6.45, 7) is 3.55. The monoisotopic (exact) mass is 347 g/mol. The lowest BCUT2D eigenvalue weighted by atomic mass is 10.1. The van der Waals surface area contributed by atoms with Crippen molar-refractivity contribution in [3.63, 3.8) is 0 Å². The molecule has 0 radical (unpaired) electrons. The average molecular weight is 348 g/mol. The molecule has 0 saturated heterocycles. The molecular weight excluding hydrogens is 330 g/mol. The number of ether oxygens (including phenoxy) is 2. The highest BCUT2D eigenvalue weighted by atomic mass is 35.5. The van der Waals surface area contributed by atoms with E-state index in [1.807, 2.05) is 19.9 Å². The first-order valence-corrected chi connectivity index (χ1v) is 7.66. The van der Waals surface area contributed by atoms with Gasteiger partial charge in [0.1, 0.15) is 5.75 Å². The normalized spacial score (nSPS) is 10.2. The van der Waals surface area contributed by atoms with Crippen molar-refractivity contribution in [3.05, 3.63) is 58.1 Å². The van der Waals surface area contributed by atoms with E-state index in [0.29, 0.717) is 22.0 Å². The number of esters is 1. The standard InChI is InChI=1S/C18H18ClNO4/c1-11-4-7-14(19)16(8-11)24-10-17(21)20-15-9-13(18(22)23-3)6-5-12(15)2/h4-9H,10H2,1-3H3,(H,20,21). The number of hydrogen-bond donors (Lipinski definition) is 1. The summed E-state index contributed by atoms with van der Waals surface area (Å²) >= 11 is 6.03. The molecule has 2 rings (SSSR count). The molecule has 6 heteroatoms. The van der Waals surface area contributed by atoms with E-state index in [2.05, 4.69) is 10.1 Å². The number of halogens is 1. The smallest absolute Gasteiger partial charge is 0.337 e. The maximum atomic E-state index is 12.1. The molecule has 2 aromatic carbocycles. The maximum absolute atomic E-state index is 12.1. The summed E-state index contributed by atoms with van der Waals surface area (Å²) < 4.78 is 10.1. The molecule has 1 amide bonds. The number of aryl methyl sites for hydroxylation is 2. The molecule has 0 saturated carbocycles. The van der Waals surface area contributed by atoms with Crippen molar-refractivity contribution in [3.8, 4) is 5.75 Å². The molecule has 0 fully saturated rings. The van der Waals surface area contributed by atoms with Gasteiger partial charge in [-0.25, -0.2) is 4.79 Å². The summed E-state index contributed by atoms with van der Waals surface area (Å²) in [6.07, 6.45) is 0. The van der Waals surface area contributed by atoms with Crippen LogP contribution in [0.1, 0.15) is 21.5 Å². The molecule has 126 valence electrons. The lowest BCUT2D eigenvalue weighted by molar-refractivity contribution is -0.118.